The van der Waals surface area contributed by atoms with Crippen LogP contribution in [0.5, 0.6) is 0 Å². The van der Waals surface area contributed by atoms with E-state index in [1.807, 2.05) is 31.2 Å². The number of hydrogen-bond acceptors (Lipinski definition) is 4. The van der Waals surface area contributed by atoms with E-state index in [-0.39, 0.29) is 0 Å². The number of fused-ring (bicyclic) bond motifs is 1. The van der Waals surface area contributed by atoms with Crippen LogP contribution in [0.3, 0.4) is 0 Å². The third kappa shape index (κ3) is 2.11. The molecule has 4 nitrogen and oxygen atoms in total. The Kier molecular flexibility index (Phi) is 3.01. The summed E-state index contributed by atoms with van der Waals surface area (Å²) in [4.78, 5) is 5.54. The zero-order chi connectivity index (χ0) is 13.4. The van der Waals surface area contributed by atoms with Crippen molar-refractivity contribution in [2.75, 3.05) is 4.92 Å². The predicted octanol–water partition coefficient (Wildman–Crippen LogP) is 1.59. The summed E-state index contributed by atoms with van der Waals surface area (Å²) in [6, 6.07) is 9.54. The number of aryl methyl sites for hydroxylation is 1. The van der Waals surface area contributed by atoms with Crippen LogP contribution in [0.4, 0.5) is 5.69 Å². The molecule has 0 radical (unpaired) electrons. The molecule has 0 bridgehead atoms. The van der Waals surface area contributed by atoms with E-state index in [4.69, 9.17) is 11.6 Å². The van der Waals surface area contributed by atoms with E-state index in [1.54, 1.807) is 18.5 Å². The number of rotatable bonds is 1. The van der Waals surface area contributed by atoms with Gasteiger partial charge in [0.1, 0.15) is 5.15 Å². The van der Waals surface area contributed by atoms with Gasteiger partial charge >= 0.3 is 7.05 Å². The number of hydrogen-bond donors (Lipinski definition) is 1. The van der Waals surface area contributed by atoms with Gasteiger partial charge in [0.15, 0.2) is 0 Å². The highest BCUT2D eigenvalue weighted by Gasteiger charge is 2.32. The topological polar surface area (TPSA) is 48.7 Å². The molecule has 3 rings (SSSR count). The second-order valence-corrected chi connectivity index (χ2v) is 4.76. The van der Waals surface area contributed by atoms with Crippen molar-refractivity contribution < 1.29 is 5.02 Å². The molecule has 2 heterocycles. The molecular weight excluding hydrogens is 260 g/mol. The van der Waals surface area contributed by atoms with Gasteiger partial charge in [0.2, 0.25) is 0 Å². The van der Waals surface area contributed by atoms with Crippen molar-refractivity contribution in [3.63, 3.8) is 0 Å². The molecule has 0 unspecified atom stereocenters. The zero-order valence-electron chi connectivity index (χ0n) is 10.3. The van der Waals surface area contributed by atoms with Crippen molar-refractivity contribution in [3.05, 3.63) is 52.8 Å². The fourth-order valence-corrected chi connectivity index (χ4v) is 2.38. The highest BCUT2D eigenvalue weighted by Crippen LogP contribution is 2.20. The number of hydrazone groups is 1. The molecule has 0 fully saturated rings. The monoisotopic (exact) mass is 271 g/mol. The average Bonchev–Trinajstić information content (AvgIpc) is 2.39. The van der Waals surface area contributed by atoms with E-state index in [2.05, 4.69) is 10.1 Å². The number of anilines is 1. The first-order valence-electron chi connectivity index (χ1n) is 5.89. The number of benzene rings is 1. The second-order valence-electron chi connectivity index (χ2n) is 4.41. The van der Waals surface area contributed by atoms with Crippen molar-refractivity contribution in [2.45, 2.75) is 6.92 Å². The van der Waals surface area contributed by atoms with Gasteiger partial charge in [-0.05, 0) is 36.2 Å². The van der Waals surface area contributed by atoms with E-state index in [1.165, 1.54) is 4.92 Å². The summed E-state index contributed by atoms with van der Waals surface area (Å²) >= 11 is 6.06. The maximum Gasteiger partial charge on any atom is 0.474 e. The molecule has 0 atom stereocenters. The molecule has 0 saturated heterocycles. The quantitative estimate of drug-likeness (QED) is 0.633. The molecule has 1 aromatic carbocycles. The van der Waals surface area contributed by atoms with Crippen molar-refractivity contribution in [3.8, 4) is 0 Å². The normalized spacial score (nSPS) is 13.6. The Morgan fingerprint density at radius 2 is 2.16 bits per heavy atom. The van der Waals surface area contributed by atoms with Gasteiger partial charge in [-0.2, -0.15) is 5.10 Å². The van der Waals surface area contributed by atoms with Crippen LogP contribution in [-0.2, 0) is 0 Å². The Balaban J connectivity index is 2.07. The Morgan fingerprint density at radius 1 is 1.32 bits per heavy atom. The second kappa shape index (κ2) is 4.68. The first-order chi connectivity index (χ1) is 9.16. The number of aromatic nitrogens is 1. The minimum atomic E-state index is -0.928. The highest BCUT2D eigenvalue weighted by atomic mass is 35.5. The van der Waals surface area contributed by atoms with Crippen LogP contribution in [0.15, 0.2) is 41.6 Å². The fraction of sp³-hybridized carbons (Fsp3) is 0.0769. The summed E-state index contributed by atoms with van der Waals surface area (Å²) in [6.07, 6.45) is 3.28. The number of halogens is 1. The lowest BCUT2D eigenvalue weighted by atomic mass is 9.70. The number of nitrogens with zero attached hydrogens (tertiary/aromatic N) is 3. The molecule has 6 heteroatoms. The third-order valence-corrected chi connectivity index (χ3v) is 3.35. The van der Waals surface area contributed by atoms with E-state index in [9.17, 15) is 5.02 Å². The van der Waals surface area contributed by atoms with Gasteiger partial charge in [0, 0.05) is 17.3 Å². The van der Waals surface area contributed by atoms with Gasteiger partial charge in [0.25, 0.3) is 0 Å². The smallest absolute Gasteiger partial charge is 0.427 e. The lowest BCUT2D eigenvalue weighted by molar-refractivity contribution is 0.578. The van der Waals surface area contributed by atoms with Crippen LogP contribution < -0.4 is 10.4 Å². The summed E-state index contributed by atoms with van der Waals surface area (Å²) in [5, 5.41) is 15.0. The SMILES string of the molecule is Cc1cccc(N2N=Cc3ccnc(Cl)c3B2O)c1. The lowest BCUT2D eigenvalue weighted by Crippen LogP contribution is -2.51. The molecule has 0 spiro atoms. The van der Waals surface area contributed by atoms with Crippen LogP contribution in [0.2, 0.25) is 5.15 Å². The number of pyridine rings is 1. The Hall–Kier alpha value is -1.85. The minimum absolute atomic E-state index is 0.300. The predicted molar refractivity (Wildman–Crippen MR) is 78.1 cm³/mol. The summed E-state index contributed by atoms with van der Waals surface area (Å²) in [7, 11) is -0.928. The standard InChI is InChI=1S/C13H11BClN3O/c1-9-3-2-4-11(7-9)18-14(19)12-10(8-17-18)5-6-16-13(12)15/h2-8,19H,1H3. The Labute approximate surface area is 116 Å². The van der Waals surface area contributed by atoms with E-state index in [0.29, 0.717) is 10.6 Å². The van der Waals surface area contributed by atoms with Crippen LogP contribution in [0.1, 0.15) is 11.1 Å². The van der Waals surface area contributed by atoms with Crippen LogP contribution in [0, 0.1) is 6.92 Å². The van der Waals surface area contributed by atoms with Crippen molar-refractivity contribution in [1.29, 1.82) is 0 Å². The zero-order valence-corrected chi connectivity index (χ0v) is 11.0. The molecule has 1 aliphatic heterocycles. The van der Waals surface area contributed by atoms with E-state index in [0.717, 1.165) is 16.8 Å². The minimum Gasteiger partial charge on any atom is -0.427 e. The molecule has 1 N–H and O–H groups in total. The molecule has 1 aromatic heterocycles. The fourth-order valence-electron chi connectivity index (χ4n) is 2.12. The van der Waals surface area contributed by atoms with E-state index >= 15 is 0 Å². The van der Waals surface area contributed by atoms with Crippen molar-refractivity contribution >= 4 is 36.0 Å². The lowest BCUT2D eigenvalue weighted by Gasteiger charge is -2.27. The van der Waals surface area contributed by atoms with Gasteiger partial charge in [-0.3, -0.25) is 4.92 Å². The molecular formula is C13H11BClN3O. The Bertz CT molecular complexity index is 662. The Morgan fingerprint density at radius 3 is 2.95 bits per heavy atom. The van der Waals surface area contributed by atoms with E-state index < -0.39 is 7.05 Å². The summed E-state index contributed by atoms with van der Waals surface area (Å²) in [5.41, 5.74) is 3.29. The highest BCUT2D eigenvalue weighted by molar-refractivity contribution is 6.74. The molecule has 0 amide bonds. The summed E-state index contributed by atoms with van der Waals surface area (Å²) in [6.45, 7) is 1.99. The maximum atomic E-state index is 10.4. The average molecular weight is 272 g/mol. The van der Waals surface area contributed by atoms with Gasteiger partial charge in [0.05, 0.1) is 6.21 Å². The summed E-state index contributed by atoms with van der Waals surface area (Å²) < 4.78 is 0. The van der Waals surface area contributed by atoms with Crippen LogP contribution >= 0.6 is 11.6 Å². The summed E-state index contributed by atoms with van der Waals surface area (Å²) in [5.74, 6) is 0. The van der Waals surface area contributed by atoms with Crippen molar-refractivity contribution in [1.82, 2.24) is 4.98 Å². The molecule has 0 aliphatic carbocycles. The maximum absolute atomic E-state index is 10.4. The first kappa shape index (κ1) is 12.2. The molecule has 0 saturated carbocycles. The van der Waals surface area contributed by atoms with Crippen LogP contribution in [0.25, 0.3) is 0 Å². The van der Waals surface area contributed by atoms with Gasteiger partial charge < -0.3 is 5.02 Å². The third-order valence-electron chi connectivity index (χ3n) is 3.05. The molecule has 19 heavy (non-hydrogen) atoms. The van der Waals surface area contributed by atoms with Gasteiger partial charge in [-0.25, -0.2) is 4.98 Å². The van der Waals surface area contributed by atoms with Gasteiger partial charge in [-0.15, -0.1) is 0 Å². The van der Waals surface area contributed by atoms with Crippen LogP contribution in [-0.4, -0.2) is 23.3 Å². The largest absolute Gasteiger partial charge is 0.474 e. The van der Waals surface area contributed by atoms with Gasteiger partial charge in [-0.1, -0.05) is 23.7 Å². The molecule has 1 aliphatic rings. The first-order valence-corrected chi connectivity index (χ1v) is 6.27. The molecule has 94 valence electrons. The van der Waals surface area contributed by atoms with Crippen molar-refractivity contribution in [2.24, 2.45) is 5.10 Å². The molecule has 2 aromatic rings.